The monoisotopic (exact) mass is 349 g/mol. The predicted molar refractivity (Wildman–Crippen MR) is 94.2 cm³/mol. The normalized spacial score (nSPS) is 12.6. The summed E-state index contributed by atoms with van der Waals surface area (Å²) in [6.07, 6.45) is 0.697. The van der Waals surface area contributed by atoms with Crippen molar-refractivity contribution in [1.29, 1.82) is 0 Å². The van der Waals surface area contributed by atoms with Crippen molar-refractivity contribution >= 4 is 17.9 Å². The van der Waals surface area contributed by atoms with Crippen LogP contribution in [0.1, 0.15) is 39.7 Å². The Bertz CT molecular complexity index is 577. The van der Waals surface area contributed by atoms with Crippen molar-refractivity contribution in [3.8, 4) is 0 Å². The molecule has 25 heavy (non-hydrogen) atoms. The molecule has 7 heteroatoms. The molecule has 3 amide bonds. The first kappa shape index (κ1) is 20.5. The van der Waals surface area contributed by atoms with Gasteiger partial charge >= 0.3 is 12.0 Å². The fourth-order valence-electron chi connectivity index (χ4n) is 2.23. The van der Waals surface area contributed by atoms with Gasteiger partial charge in [-0.05, 0) is 18.4 Å². The smallest absolute Gasteiger partial charge is 0.337 e. The van der Waals surface area contributed by atoms with Crippen molar-refractivity contribution in [1.82, 2.24) is 15.8 Å². The number of esters is 1. The largest absolute Gasteiger partial charge is 0.464 e. The van der Waals surface area contributed by atoms with E-state index in [9.17, 15) is 14.4 Å². The summed E-state index contributed by atoms with van der Waals surface area (Å²) in [7, 11) is 0. The molecule has 0 aliphatic heterocycles. The molecular weight excluding hydrogens is 322 g/mol. The Hall–Kier alpha value is -2.57. The number of nitrogens with one attached hydrogen (secondary N) is 2. The van der Waals surface area contributed by atoms with E-state index in [1.807, 2.05) is 44.2 Å². The van der Waals surface area contributed by atoms with Gasteiger partial charge in [-0.2, -0.15) is 0 Å². The van der Waals surface area contributed by atoms with Gasteiger partial charge in [0.2, 0.25) is 5.91 Å². The fourth-order valence-corrected chi connectivity index (χ4v) is 2.23. The zero-order valence-corrected chi connectivity index (χ0v) is 15.2. The van der Waals surface area contributed by atoms with Crippen LogP contribution in [0.2, 0.25) is 0 Å². The van der Waals surface area contributed by atoms with E-state index in [1.54, 1.807) is 6.92 Å². The van der Waals surface area contributed by atoms with Crippen molar-refractivity contribution < 1.29 is 19.1 Å². The number of hydrogen-bond donors (Lipinski definition) is 2. The van der Waals surface area contributed by atoms with E-state index in [-0.39, 0.29) is 25.0 Å². The number of hydrazine groups is 1. The van der Waals surface area contributed by atoms with Gasteiger partial charge in [0.25, 0.3) is 0 Å². The number of carbonyl (C=O) groups excluding carboxylic acids is 3. The van der Waals surface area contributed by atoms with Gasteiger partial charge in [-0.25, -0.2) is 14.6 Å². The first-order chi connectivity index (χ1) is 11.9. The van der Waals surface area contributed by atoms with Crippen molar-refractivity contribution in [3.05, 3.63) is 35.9 Å². The van der Waals surface area contributed by atoms with Crippen LogP contribution in [-0.4, -0.2) is 35.6 Å². The lowest BCUT2D eigenvalue weighted by atomic mass is 9.99. The quantitative estimate of drug-likeness (QED) is 0.584. The summed E-state index contributed by atoms with van der Waals surface area (Å²) in [5.41, 5.74) is 3.34. The predicted octanol–water partition coefficient (Wildman–Crippen LogP) is 2.23. The number of ether oxygens (including phenoxy) is 1. The van der Waals surface area contributed by atoms with Crippen LogP contribution >= 0.6 is 0 Å². The van der Waals surface area contributed by atoms with E-state index in [1.165, 1.54) is 6.92 Å². The van der Waals surface area contributed by atoms with Gasteiger partial charge in [0.05, 0.1) is 13.2 Å². The summed E-state index contributed by atoms with van der Waals surface area (Å²) in [5, 5.41) is 3.83. The molecule has 1 aromatic carbocycles. The second kappa shape index (κ2) is 10.3. The van der Waals surface area contributed by atoms with Crippen molar-refractivity contribution in [2.24, 2.45) is 5.92 Å². The SMILES string of the molecule is CCOC(=O)[C@@H](NC(=O)N(Cc1ccccc1)NC(C)=O)C(C)CC. The minimum absolute atomic E-state index is 0.0982. The van der Waals surface area contributed by atoms with Crippen LogP contribution in [0.3, 0.4) is 0 Å². The highest BCUT2D eigenvalue weighted by Crippen LogP contribution is 2.11. The van der Waals surface area contributed by atoms with Crippen LogP contribution in [0.25, 0.3) is 0 Å². The van der Waals surface area contributed by atoms with Crippen LogP contribution in [0.5, 0.6) is 0 Å². The molecule has 0 saturated heterocycles. The molecule has 2 N–H and O–H groups in total. The van der Waals surface area contributed by atoms with Gasteiger partial charge in [0.15, 0.2) is 0 Å². The maximum absolute atomic E-state index is 12.6. The number of benzene rings is 1. The standard InChI is InChI=1S/C18H27N3O4/c1-5-13(3)16(17(23)25-6-2)19-18(24)21(20-14(4)22)12-15-10-8-7-9-11-15/h7-11,13,16H,5-6,12H2,1-4H3,(H,19,24)(H,20,22)/t13?,16-/m0/s1. The Labute approximate surface area is 148 Å². The average molecular weight is 349 g/mol. The average Bonchev–Trinajstić information content (AvgIpc) is 2.58. The number of nitrogens with zero attached hydrogens (tertiary/aromatic N) is 1. The Morgan fingerprint density at radius 2 is 1.80 bits per heavy atom. The third-order valence-electron chi connectivity index (χ3n) is 3.75. The Morgan fingerprint density at radius 3 is 2.32 bits per heavy atom. The van der Waals surface area contributed by atoms with Crippen molar-refractivity contribution in [3.63, 3.8) is 0 Å². The highest BCUT2D eigenvalue weighted by atomic mass is 16.5. The second-order valence-corrected chi connectivity index (χ2v) is 5.80. The third-order valence-corrected chi connectivity index (χ3v) is 3.75. The molecule has 7 nitrogen and oxygen atoms in total. The van der Waals surface area contributed by atoms with E-state index in [4.69, 9.17) is 4.74 Å². The van der Waals surface area contributed by atoms with Crippen molar-refractivity contribution in [2.75, 3.05) is 6.61 Å². The minimum atomic E-state index is -0.774. The van der Waals surface area contributed by atoms with E-state index in [2.05, 4.69) is 10.7 Å². The Kier molecular flexibility index (Phi) is 8.46. The molecule has 0 fully saturated rings. The molecule has 1 unspecified atom stereocenters. The van der Waals surface area contributed by atoms with Crippen LogP contribution in [0.15, 0.2) is 30.3 Å². The summed E-state index contributed by atoms with van der Waals surface area (Å²) >= 11 is 0. The molecule has 1 aromatic rings. The zero-order chi connectivity index (χ0) is 18.8. The molecule has 0 radical (unpaired) electrons. The number of urea groups is 1. The molecule has 0 saturated carbocycles. The maximum Gasteiger partial charge on any atom is 0.337 e. The molecule has 2 atom stereocenters. The molecule has 0 aliphatic carbocycles. The minimum Gasteiger partial charge on any atom is -0.464 e. The topological polar surface area (TPSA) is 87.7 Å². The van der Waals surface area contributed by atoms with Gasteiger partial charge in [0, 0.05) is 6.92 Å². The number of carbonyl (C=O) groups is 3. The molecule has 1 rings (SSSR count). The number of rotatable bonds is 7. The lowest BCUT2D eigenvalue weighted by molar-refractivity contribution is -0.146. The fraction of sp³-hybridized carbons (Fsp3) is 0.500. The van der Waals surface area contributed by atoms with E-state index >= 15 is 0 Å². The molecule has 138 valence electrons. The first-order valence-electron chi connectivity index (χ1n) is 8.44. The highest BCUT2D eigenvalue weighted by molar-refractivity contribution is 5.85. The van der Waals surface area contributed by atoms with Gasteiger partial charge in [0.1, 0.15) is 6.04 Å². The van der Waals surface area contributed by atoms with Gasteiger partial charge < -0.3 is 10.1 Å². The van der Waals surface area contributed by atoms with E-state index in [0.717, 1.165) is 10.6 Å². The van der Waals surface area contributed by atoms with E-state index in [0.29, 0.717) is 6.42 Å². The Balaban J connectivity index is 2.90. The summed E-state index contributed by atoms with van der Waals surface area (Å²) in [5.74, 6) is -0.950. The third kappa shape index (κ3) is 6.82. The number of hydrogen-bond acceptors (Lipinski definition) is 4. The van der Waals surface area contributed by atoms with Gasteiger partial charge in [-0.1, -0.05) is 50.6 Å². The summed E-state index contributed by atoms with van der Waals surface area (Å²) < 4.78 is 5.05. The Morgan fingerprint density at radius 1 is 1.16 bits per heavy atom. The molecule has 0 aromatic heterocycles. The van der Waals surface area contributed by atoms with E-state index < -0.39 is 18.0 Å². The molecule has 0 spiro atoms. The molecule has 0 aliphatic rings. The van der Waals surface area contributed by atoms with Gasteiger partial charge in [-0.3, -0.25) is 10.2 Å². The van der Waals surface area contributed by atoms with Crippen LogP contribution in [-0.2, 0) is 20.9 Å². The lowest BCUT2D eigenvalue weighted by Crippen LogP contribution is -2.55. The summed E-state index contributed by atoms with van der Waals surface area (Å²) in [6, 6.07) is 7.92. The van der Waals surface area contributed by atoms with Crippen LogP contribution < -0.4 is 10.7 Å². The second-order valence-electron chi connectivity index (χ2n) is 5.80. The maximum atomic E-state index is 12.6. The summed E-state index contributed by atoms with van der Waals surface area (Å²) in [4.78, 5) is 36.2. The van der Waals surface area contributed by atoms with Crippen LogP contribution in [0.4, 0.5) is 4.79 Å². The highest BCUT2D eigenvalue weighted by Gasteiger charge is 2.29. The molecule has 0 bridgehead atoms. The lowest BCUT2D eigenvalue weighted by Gasteiger charge is -2.28. The number of amides is 3. The summed E-state index contributed by atoms with van der Waals surface area (Å²) in [6.45, 7) is 7.25. The van der Waals surface area contributed by atoms with Crippen molar-refractivity contribution in [2.45, 2.75) is 46.7 Å². The molecular formula is C18H27N3O4. The zero-order valence-electron chi connectivity index (χ0n) is 15.2. The first-order valence-corrected chi connectivity index (χ1v) is 8.44. The molecule has 0 heterocycles. The van der Waals surface area contributed by atoms with Gasteiger partial charge in [-0.15, -0.1) is 0 Å². The van der Waals surface area contributed by atoms with Crippen LogP contribution in [0, 0.1) is 5.92 Å².